The summed E-state index contributed by atoms with van der Waals surface area (Å²) in [5.74, 6) is -2.34. The van der Waals surface area contributed by atoms with Gasteiger partial charge in [0.15, 0.2) is 16.4 Å². The molecule has 0 saturated carbocycles. The molecule has 0 aliphatic carbocycles. The van der Waals surface area contributed by atoms with E-state index >= 15 is 0 Å². The van der Waals surface area contributed by atoms with E-state index in [4.69, 9.17) is 16.3 Å². The molecule has 138 valence electrons. The summed E-state index contributed by atoms with van der Waals surface area (Å²) < 4.78 is 41.7. The fourth-order valence-electron chi connectivity index (χ4n) is 2.04. The van der Waals surface area contributed by atoms with Crippen LogP contribution in [0.1, 0.15) is 15.9 Å². The largest absolute Gasteiger partial charge is 0.452 e. The Kier molecular flexibility index (Phi) is 5.99. The predicted molar refractivity (Wildman–Crippen MR) is 94.6 cm³/mol. The number of carbonyl (C=O) groups excluding carboxylic acids is 2. The zero-order chi connectivity index (χ0) is 19.5. The van der Waals surface area contributed by atoms with Crippen LogP contribution in [-0.2, 0) is 19.4 Å². The van der Waals surface area contributed by atoms with E-state index in [1.807, 2.05) is 0 Å². The number of esters is 1. The molecule has 6 nitrogen and oxygen atoms in total. The molecule has 26 heavy (non-hydrogen) atoms. The number of benzene rings is 2. The van der Waals surface area contributed by atoms with Crippen molar-refractivity contribution in [1.82, 2.24) is 0 Å². The highest BCUT2D eigenvalue weighted by Gasteiger charge is 2.17. The second kappa shape index (κ2) is 7.84. The summed E-state index contributed by atoms with van der Waals surface area (Å²) in [6, 6.07) is 7.73. The Morgan fingerprint density at radius 2 is 1.88 bits per heavy atom. The van der Waals surface area contributed by atoms with Crippen molar-refractivity contribution in [2.24, 2.45) is 0 Å². The standard InChI is InChI=1S/C17H15ClFNO5S/c1-10-3-5-12(26(2,23)24)8-13(10)17(22)25-9-16(21)20-15-6-4-11(18)7-14(15)19/h3-8H,9H2,1-2H3,(H,20,21). The van der Waals surface area contributed by atoms with Gasteiger partial charge in [-0.15, -0.1) is 0 Å². The van der Waals surface area contributed by atoms with Crippen molar-refractivity contribution in [3.63, 3.8) is 0 Å². The molecule has 0 fully saturated rings. The molecule has 0 radical (unpaired) electrons. The smallest absolute Gasteiger partial charge is 0.338 e. The summed E-state index contributed by atoms with van der Waals surface area (Å²) in [4.78, 5) is 23.9. The molecule has 1 amide bonds. The number of halogens is 2. The normalized spacial score (nSPS) is 11.1. The topological polar surface area (TPSA) is 89.5 Å². The van der Waals surface area contributed by atoms with Crippen molar-refractivity contribution in [3.05, 3.63) is 58.4 Å². The summed E-state index contributed by atoms with van der Waals surface area (Å²) in [5.41, 5.74) is 0.413. The van der Waals surface area contributed by atoms with E-state index in [9.17, 15) is 22.4 Å². The minimum Gasteiger partial charge on any atom is -0.452 e. The first kappa shape index (κ1) is 19.9. The van der Waals surface area contributed by atoms with Crippen molar-refractivity contribution in [1.29, 1.82) is 0 Å². The van der Waals surface area contributed by atoms with Crippen LogP contribution >= 0.6 is 11.6 Å². The molecule has 2 aromatic carbocycles. The Hall–Kier alpha value is -2.45. The van der Waals surface area contributed by atoms with Crippen LogP contribution in [0.15, 0.2) is 41.3 Å². The van der Waals surface area contributed by atoms with Crippen molar-refractivity contribution >= 4 is 39.0 Å². The molecular weight excluding hydrogens is 385 g/mol. The van der Waals surface area contributed by atoms with Gasteiger partial charge in [0, 0.05) is 11.3 Å². The predicted octanol–water partition coefficient (Wildman–Crippen LogP) is 2.99. The Morgan fingerprint density at radius 1 is 1.19 bits per heavy atom. The van der Waals surface area contributed by atoms with E-state index < -0.39 is 34.1 Å². The third kappa shape index (κ3) is 5.03. The van der Waals surface area contributed by atoms with Gasteiger partial charge in [0.1, 0.15) is 5.82 Å². The van der Waals surface area contributed by atoms with E-state index in [2.05, 4.69) is 5.32 Å². The van der Waals surface area contributed by atoms with E-state index in [0.717, 1.165) is 12.3 Å². The lowest BCUT2D eigenvalue weighted by molar-refractivity contribution is -0.119. The number of hydrogen-bond acceptors (Lipinski definition) is 5. The molecule has 0 aliphatic heterocycles. The van der Waals surface area contributed by atoms with Crippen LogP contribution in [0.4, 0.5) is 10.1 Å². The molecule has 2 aromatic rings. The SMILES string of the molecule is Cc1ccc(S(C)(=O)=O)cc1C(=O)OCC(=O)Nc1ccc(Cl)cc1F. The van der Waals surface area contributed by atoms with Gasteiger partial charge in [0.2, 0.25) is 0 Å². The molecule has 0 unspecified atom stereocenters. The number of hydrogen-bond donors (Lipinski definition) is 1. The van der Waals surface area contributed by atoms with Crippen LogP contribution in [0.3, 0.4) is 0 Å². The Bertz CT molecular complexity index is 975. The second-order valence-electron chi connectivity index (χ2n) is 5.50. The van der Waals surface area contributed by atoms with Crippen LogP contribution in [-0.4, -0.2) is 33.2 Å². The summed E-state index contributed by atoms with van der Waals surface area (Å²) in [7, 11) is -3.50. The number of aryl methyl sites for hydroxylation is 1. The van der Waals surface area contributed by atoms with Gasteiger partial charge < -0.3 is 10.1 Å². The highest BCUT2D eigenvalue weighted by Crippen LogP contribution is 2.19. The van der Waals surface area contributed by atoms with Gasteiger partial charge in [0.05, 0.1) is 16.1 Å². The lowest BCUT2D eigenvalue weighted by atomic mass is 10.1. The van der Waals surface area contributed by atoms with Gasteiger partial charge in [-0.25, -0.2) is 17.6 Å². The van der Waals surface area contributed by atoms with Crippen LogP contribution in [0.5, 0.6) is 0 Å². The lowest BCUT2D eigenvalue weighted by Crippen LogP contribution is -2.22. The summed E-state index contributed by atoms with van der Waals surface area (Å²) >= 11 is 5.62. The highest BCUT2D eigenvalue weighted by atomic mass is 35.5. The molecule has 0 spiro atoms. The number of ether oxygens (including phenoxy) is 1. The monoisotopic (exact) mass is 399 g/mol. The molecule has 0 atom stereocenters. The van der Waals surface area contributed by atoms with Crippen molar-refractivity contribution in [2.75, 3.05) is 18.2 Å². The lowest BCUT2D eigenvalue weighted by Gasteiger charge is -2.10. The summed E-state index contributed by atoms with van der Waals surface area (Å²) in [6.45, 7) is 0.940. The third-order valence-corrected chi connectivity index (χ3v) is 4.74. The Morgan fingerprint density at radius 3 is 2.50 bits per heavy atom. The molecular formula is C17H15ClFNO5S. The van der Waals surface area contributed by atoms with Gasteiger partial charge in [-0.3, -0.25) is 4.79 Å². The van der Waals surface area contributed by atoms with Crippen molar-refractivity contribution < 1.29 is 27.1 Å². The molecule has 2 rings (SSSR count). The summed E-state index contributed by atoms with van der Waals surface area (Å²) in [5, 5.41) is 2.42. The first-order chi connectivity index (χ1) is 12.1. The second-order valence-corrected chi connectivity index (χ2v) is 7.95. The molecule has 0 aliphatic rings. The van der Waals surface area contributed by atoms with Gasteiger partial charge in [-0.05, 0) is 42.8 Å². The van der Waals surface area contributed by atoms with E-state index in [-0.39, 0.29) is 21.2 Å². The van der Waals surface area contributed by atoms with Gasteiger partial charge in [-0.1, -0.05) is 17.7 Å². The fourth-order valence-corrected chi connectivity index (χ4v) is 2.84. The van der Waals surface area contributed by atoms with Gasteiger partial charge >= 0.3 is 5.97 Å². The van der Waals surface area contributed by atoms with Crippen LogP contribution in [0.2, 0.25) is 5.02 Å². The molecule has 0 aromatic heterocycles. The molecule has 0 bridgehead atoms. The van der Waals surface area contributed by atoms with Crippen LogP contribution < -0.4 is 5.32 Å². The first-order valence-corrected chi connectivity index (χ1v) is 9.57. The zero-order valence-electron chi connectivity index (χ0n) is 13.9. The average molecular weight is 400 g/mol. The molecule has 1 N–H and O–H groups in total. The number of nitrogens with one attached hydrogen (secondary N) is 1. The summed E-state index contributed by atoms with van der Waals surface area (Å²) in [6.07, 6.45) is 1.01. The first-order valence-electron chi connectivity index (χ1n) is 7.30. The number of anilines is 1. The molecule has 0 heterocycles. The maximum absolute atomic E-state index is 13.6. The number of carbonyl (C=O) groups is 2. The maximum atomic E-state index is 13.6. The van der Waals surface area contributed by atoms with E-state index in [1.165, 1.54) is 30.3 Å². The minimum absolute atomic E-state index is 0.0263. The third-order valence-electron chi connectivity index (χ3n) is 3.40. The number of rotatable bonds is 5. The Labute approximate surface area is 154 Å². The van der Waals surface area contributed by atoms with E-state index in [0.29, 0.717) is 5.56 Å². The average Bonchev–Trinajstić information content (AvgIpc) is 2.54. The quantitative estimate of drug-likeness (QED) is 0.780. The Balaban J connectivity index is 2.05. The van der Waals surface area contributed by atoms with Crippen molar-refractivity contribution in [3.8, 4) is 0 Å². The molecule has 9 heteroatoms. The highest BCUT2D eigenvalue weighted by molar-refractivity contribution is 7.90. The number of sulfone groups is 1. The number of amides is 1. The fraction of sp³-hybridized carbons (Fsp3) is 0.176. The van der Waals surface area contributed by atoms with Gasteiger partial charge in [-0.2, -0.15) is 0 Å². The maximum Gasteiger partial charge on any atom is 0.338 e. The molecule has 0 saturated heterocycles. The van der Waals surface area contributed by atoms with Crippen LogP contribution in [0.25, 0.3) is 0 Å². The van der Waals surface area contributed by atoms with Crippen LogP contribution in [0, 0.1) is 12.7 Å². The minimum atomic E-state index is -3.50. The zero-order valence-corrected chi connectivity index (χ0v) is 15.4. The van der Waals surface area contributed by atoms with Crippen molar-refractivity contribution in [2.45, 2.75) is 11.8 Å². The van der Waals surface area contributed by atoms with E-state index in [1.54, 1.807) is 6.92 Å². The van der Waals surface area contributed by atoms with Gasteiger partial charge in [0.25, 0.3) is 5.91 Å².